The average Bonchev–Trinajstić information content (AvgIpc) is 2.85. The Morgan fingerprint density at radius 1 is 1.03 bits per heavy atom. The van der Waals surface area contributed by atoms with Crippen LogP contribution in [0, 0.1) is 17.6 Å². The van der Waals surface area contributed by atoms with E-state index in [-0.39, 0.29) is 55.5 Å². The van der Waals surface area contributed by atoms with Crippen LogP contribution in [-0.4, -0.2) is 70.0 Å². The van der Waals surface area contributed by atoms with E-state index in [1.165, 1.54) is 29.3 Å². The Kier molecular flexibility index (Phi) is 7.53. The molecule has 0 saturated carbocycles. The summed E-state index contributed by atoms with van der Waals surface area (Å²) in [7, 11) is 1.66. The van der Waals surface area contributed by atoms with Crippen LogP contribution in [0.1, 0.15) is 31.4 Å². The minimum atomic E-state index is -0.720. The van der Waals surface area contributed by atoms with Crippen LogP contribution >= 0.6 is 0 Å². The Balaban J connectivity index is 1.61. The minimum absolute atomic E-state index is 0.0430. The van der Waals surface area contributed by atoms with Crippen molar-refractivity contribution in [2.45, 2.75) is 45.6 Å². The van der Waals surface area contributed by atoms with Crippen LogP contribution in [0.3, 0.4) is 0 Å². The molecular weight excluding hydrogens is 468 g/mol. The van der Waals surface area contributed by atoms with Crippen molar-refractivity contribution in [2.24, 2.45) is 5.92 Å². The Morgan fingerprint density at radius 3 is 2.19 bits per heavy atom. The van der Waals surface area contributed by atoms with E-state index in [9.17, 15) is 23.2 Å². The Bertz CT molecular complexity index is 1110. The molecule has 10 heteroatoms. The Morgan fingerprint density at radius 2 is 1.61 bits per heavy atom. The molecule has 192 valence electrons. The number of hydrazine groups is 1. The average molecular weight is 500 g/mol. The number of hydrogen-bond donors (Lipinski definition) is 1. The fourth-order valence-corrected chi connectivity index (χ4v) is 4.81. The predicted octanol–water partition coefficient (Wildman–Crippen LogP) is 2.95. The van der Waals surface area contributed by atoms with Gasteiger partial charge in [0.1, 0.15) is 23.8 Å². The minimum Gasteiger partial charge on any atom is -0.333 e. The molecule has 0 spiro atoms. The highest BCUT2D eigenvalue weighted by Crippen LogP contribution is 2.31. The smallest absolute Gasteiger partial charge is 0.333 e. The number of nitrogens with one attached hydrogen (secondary N) is 1. The first-order chi connectivity index (χ1) is 17.2. The second kappa shape index (κ2) is 10.6. The van der Waals surface area contributed by atoms with E-state index in [1.807, 2.05) is 13.8 Å². The van der Waals surface area contributed by atoms with Crippen LogP contribution in [0.5, 0.6) is 0 Å². The van der Waals surface area contributed by atoms with Crippen molar-refractivity contribution in [3.63, 3.8) is 0 Å². The lowest BCUT2D eigenvalue weighted by atomic mass is 9.92. The van der Waals surface area contributed by atoms with Gasteiger partial charge in [-0.05, 0) is 41.3 Å². The molecule has 2 aromatic carbocycles. The van der Waals surface area contributed by atoms with Gasteiger partial charge >= 0.3 is 6.03 Å². The highest BCUT2D eigenvalue weighted by Gasteiger charge is 2.51. The number of fused-ring (bicyclic) bond motifs is 1. The number of carbonyl (C=O) groups excluding carboxylic acids is 3. The molecule has 2 heterocycles. The van der Waals surface area contributed by atoms with Crippen LogP contribution in [0.2, 0.25) is 0 Å². The van der Waals surface area contributed by atoms with Gasteiger partial charge in [-0.15, -0.1) is 0 Å². The van der Waals surface area contributed by atoms with Gasteiger partial charge in [0, 0.05) is 20.1 Å². The maximum Gasteiger partial charge on any atom is 0.334 e. The number of carbonyl (C=O) groups is 3. The van der Waals surface area contributed by atoms with Crippen LogP contribution in [0.4, 0.5) is 13.6 Å². The molecule has 2 fully saturated rings. The summed E-state index contributed by atoms with van der Waals surface area (Å²) in [4.78, 5) is 43.3. The van der Waals surface area contributed by atoms with Crippen molar-refractivity contribution in [1.82, 2.24) is 25.1 Å². The molecule has 36 heavy (non-hydrogen) atoms. The summed E-state index contributed by atoms with van der Waals surface area (Å²) in [6, 6.07) is 10.6. The van der Waals surface area contributed by atoms with E-state index >= 15 is 0 Å². The van der Waals surface area contributed by atoms with Gasteiger partial charge in [0.15, 0.2) is 0 Å². The number of halogens is 2. The summed E-state index contributed by atoms with van der Waals surface area (Å²) in [5, 5.41) is 5.88. The normalized spacial score (nSPS) is 21.4. The van der Waals surface area contributed by atoms with Crippen molar-refractivity contribution in [1.29, 1.82) is 0 Å². The third kappa shape index (κ3) is 5.18. The number of likely N-dealkylation sites (N-methyl/N-ethyl adjacent to an activating group) is 1. The first-order valence-corrected chi connectivity index (χ1v) is 12.1. The summed E-state index contributed by atoms with van der Waals surface area (Å²) in [6.07, 6.45) is -0.0363. The number of rotatable bonds is 6. The molecular formula is C26H31F2N5O3. The maximum absolute atomic E-state index is 13.6. The number of nitrogens with zero attached hydrogens (tertiary/aromatic N) is 4. The molecule has 0 aliphatic carbocycles. The second-order valence-electron chi connectivity index (χ2n) is 9.40. The first kappa shape index (κ1) is 25.6. The number of urea groups is 1. The van der Waals surface area contributed by atoms with Crippen LogP contribution < -0.4 is 5.32 Å². The topological polar surface area (TPSA) is 76.2 Å². The maximum atomic E-state index is 13.6. The van der Waals surface area contributed by atoms with Crippen molar-refractivity contribution in [2.75, 3.05) is 20.1 Å². The van der Waals surface area contributed by atoms with E-state index in [0.717, 1.165) is 11.1 Å². The summed E-state index contributed by atoms with van der Waals surface area (Å²) >= 11 is 0. The Labute approximate surface area is 209 Å². The van der Waals surface area contributed by atoms with Gasteiger partial charge in [-0.2, -0.15) is 0 Å². The van der Waals surface area contributed by atoms with Crippen molar-refractivity contribution >= 4 is 17.8 Å². The van der Waals surface area contributed by atoms with E-state index < -0.39 is 18.2 Å². The van der Waals surface area contributed by atoms with E-state index in [2.05, 4.69) is 5.32 Å². The molecule has 4 rings (SSSR count). The zero-order valence-electron chi connectivity index (χ0n) is 20.7. The molecule has 2 saturated heterocycles. The summed E-state index contributed by atoms with van der Waals surface area (Å²) in [5.74, 6) is -1.26. The molecule has 1 unspecified atom stereocenters. The monoisotopic (exact) mass is 499 g/mol. The van der Waals surface area contributed by atoms with Gasteiger partial charge in [0.2, 0.25) is 11.8 Å². The van der Waals surface area contributed by atoms with Crippen LogP contribution in [-0.2, 0) is 22.7 Å². The third-order valence-corrected chi connectivity index (χ3v) is 6.91. The quantitative estimate of drug-likeness (QED) is 0.663. The number of hydrogen-bond acceptors (Lipinski definition) is 4. The molecule has 8 nitrogen and oxygen atoms in total. The summed E-state index contributed by atoms with van der Waals surface area (Å²) < 4.78 is 26.7. The van der Waals surface area contributed by atoms with Gasteiger partial charge in [-0.25, -0.2) is 23.6 Å². The third-order valence-electron chi connectivity index (χ3n) is 6.91. The number of piperazine rings is 1. The zero-order chi connectivity index (χ0) is 26.0. The van der Waals surface area contributed by atoms with Gasteiger partial charge < -0.3 is 15.1 Å². The molecule has 2 aliphatic rings. The standard InChI is InChI=1S/C26H31F2N5O3/c1-4-17(2)24-25(35)31(14-19-7-11-21(28)12-8-19)15-22-32(24)23(34)16-30(3)33(22)26(36)29-13-18-5-9-20(27)10-6-18/h5-12,17,22,24H,4,13-16H2,1-3H3,(H,29,36)/t17?,22-,24-/m0/s1. The second-order valence-corrected chi connectivity index (χ2v) is 9.40. The van der Waals surface area contributed by atoms with Crippen LogP contribution in [0.25, 0.3) is 0 Å². The fraction of sp³-hybridized carbons (Fsp3) is 0.423. The molecule has 3 atom stereocenters. The van der Waals surface area contributed by atoms with Gasteiger partial charge in [0.25, 0.3) is 0 Å². The highest BCUT2D eigenvalue weighted by atomic mass is 19.1. The molecule has 0 aromatic heterocycles. The fourth-order valence-electron chi connectivity index (χ4n) is 4.81. The number of amides is 4. The van der Waals surface area contributed by atoms with Crippen LogP contribution in [0.15, 0.2) is 48.5 Å². The van der Waals surface area contributed by atoms with Crippen molar-refractivity contribution in [3.05, 3.63) is 71.3 Å². The lowest BCUT2D eigenvalue weighted by Gasteiger charge is -2.55. The van der Waals surface area contributed by atoms with Gasteiger partial charge in [-0.1, -0.05) is 44.5 Å². The van der Waals surface area contributed by atoms with Gasteiger partial charge in [0.05, 0.1) is 13.1 Å². The molecule has 0 radical (unpaired) electrons. The summed E-state index contributed by atoms with van der Waals surface area (Å²) in [6.45, 7) is 4.36. The van der Waals surface area contributed by atoms with E-state index in [0.29, 0.717) is 6.42 Å². The van der Waals surface area contributed by atoms with Gasteiger partial charge in [-0.3, -0.25) is 9.59 Å². The van der Waals surface area contributed by atoms with Crippen molar-refractivity contribution in [3.8, 4) is 0 Å². The van der Waals surface area contributed by atoms with Crippen molar-refractivity contribution < 1.29 is 23.2 Å². The lowest BCUT2D eigenvalue weighted by Crippen LogP contribution is -2.76. The predicted molar refractivity (Wildman–Crippen MR) is 129 cm³/mol. The number of benzene rings is 2. The lowest BCUT2D eigenvalue weighted by molar-refractivity contribution is -0.190. The molecule has 2 aliphatic heterocycles. The SMILES string of the molecule is CCC(C)[C@H]1C(=O)N(Cc2ccc(F)cc2)C[C@H]2N1C(=O)CN(C)N2C(=O)NCc1ccc(F)cc1. The summed E-state index contributed by atoms with van der Waals surface area (Å²) in [5.41, 5.74) is 1.48. The first-order valence-electron chi connectivity index (χ1n) is 12.1. The zero-order valence-corrected chi connectivity index (χ0v) is 20.7. The molecule has 0 bridgehead atoms. The molecule has 4 amide bonds. The molecule has 2 aromatic rings. The highest BCUT2D eigenvalue weighted by molar-refractivity contribution is 5.91. The molecule has 1 N–H and O–H groups in total. The Hall–Kier alpha value is -3.53. The van der Waals surface area contributed by atoms with E-state index in [1.54, 1.807) is 46.1 Å². The van der Waals surface area contributed by atoms with E-state index in [4.69, 9.17) is 0 Å². The largest absolute Gasteiger partial charge is 0.334 e.